The van der Waals surface area contributed by atoms with Gasteiger partial charge in [0.1, 0.15) is 5.75 Å². The standard InChI is InChI=1S/C42H45ClN2O12S4/c1-41(2)36(44(20-22-60(47,48)49)34-16-8-28-24-30(53-55-56-58)12-14-32(28)38(34)41)18-10-26-6-5-7-27(40(26)43)11-19-37-42(3,4)39-33-15-13-31(59-57-54-46)25-29(33)9-17-35(39)45(37)21-23-61(50,51)52/h8-17,19,24-25,36H,5-7,18,20-23H2,1-4H3,(H3-,46,47,48,49,50,51,52,58)/p+1/b19-11+,26-10+. The normalized spacial score (nSPS) is 19.5. The molecule has 4 aromatic rings. The van der Waals surface area contributed by atoms with E-state index in [0.29, 0.717) is 28.5 Å². The van der Waals surface area contributed by atoms with E-state index in [1.807, 2.05) is 65.3 Å². The Kier molecular flexibility index (Phi) is 13.4. The van der Waals surface area contributed by atoms with Gasteiger partial charge in [-0.25, -0.2) is 5.26 Å². The molecule has 2 heterocycles. The van der Waals surface area contributed by atoms with Crippen molar-refractivity contribution in [3.8, 4) is 5.75 Å². The summed E-state index contributed by atoms with van der Waals surface area (Å²) in [5.41, 5.74) is 5.32. The zero-order valence-electron chi connectivity index (χ0n) is 33.7. The van der Waals surface area contributed by atoms with E-state index in [0.717, 1.165) is 85.8 Å². The molecule has 19 heteroatoms. The number of hydrogen-bond acceptors (Lipinski definition) is 13. The van der Waals surface area contributed by atoms with Crippen LogP contribution < -0.4 is 9.79 Å². The van der Waals surface area contributed by atoms with Crippen LogP contribution in [-0.2, 0) is 49.8 Å². The molecule has 61 heavy (non-hydrogen) atoms. The van der Waals surface area contributed by atoms with Crippen LogP contribution in [0.3, 0.4) is 0 Å². The molecule has 7 rings (SSSR count). The predicted octanol–water partition coefficient (Wildman–Crippen LogP) is 9.38. The minimum absolute atomic E-state index is 0.0191. The monoisotopic (exact) mass is 933 g/mol. The van der Waals surface area contributed by atoms with Crippen molar-refractivity contribution in [3.63, 3.8) is 0 Å². The van der Waals surface area contributed by atoms with Gasteiger partial charge in [0.15, 0.2) is 18.0 Å². The predicted molar refractivity (Wildman–Crippen MR) is 239 cm³/mol. The molecular weight excluding hydrogens is 888 g/mol. The van der Waals surface area contributed by atoms with Crippen LogP contribution >= 0.6 is 36.6 Å². The SMILES string of the molecule is CC1(C)C(/C=C/C2=C(Cl)C(=C/CC3N(CCS(=O)(=O)O)c4ccc5cc(OOOS)ccc5c4C3(C)C)/CCC2)=[N+](CCS(=O)(=O)O)c2ccc3cc(SOOO)ccc3c21. The minimum atomic E-state index is -4.28. The van der Waals surface area contributed by atoms with Gasteiger partial charge in [-0.05, 0) is 119 Å². The van der Waals surface area contributed by atoms with E-state index in [9.17, 15) is 25.9 Å². The second-order valence-corrected chi connectivity index (χ2v) is 20.7. The van der Waals surface area contributed by atoms with Crippen LogP contribution in [0.1, 0.15) is 64.5 Å². The van der Waals surface area contributed by atoms with Gasteiger partial charge in [0.05, 0.1) is 23.2 Å². The molecule has 0 amide bonds. The number of fused-ring (bicyclic) bond motifs is 6. The van der Waals surface area contributed by atoms with E-state index in [4.69, 9.17) is 21.7 Å². The second-order valence-electron chi connectivity index (χ2n) is 16.3. The zero-order valence-corrected chi connectivity index (χ0v) is 37.8. The summed E-state index contributed by atoms with van der Waals surface area (Å²) in [4.78, 5) is 7.88. The molecule has 2 aliphatic heterocycles. The van der Waals surface area contributed by atoms with E-state index in [2.05, 4.69) is 70.3 Å². The summed E-state index contributed by atoms with van der Waals surface area (Å²) in [5, 5.41) is 21.2. The molecule has 1 unspecified atom stereocenters. The smallest absolute Gasteiger partial charge is 0.271 e. The number of thiol groups is 1. The third-order valence-electron chi connectivity index (χ3n) is 11.9. The first kappa shape index (κ1) is 45.5. The fourth-order valence-electron chi connectivity index (χ4n) is 9.26. The molecule has 0 saturated carbocycles. The fourth-order valence-corrected chi connectivity index (χ4v) is 10.9. The summed E-state index contributed by atoms with van der Waals surface area (Å²) in [6.07, 6.45) is 8.93. The number of benzene rings is 4. The Morgan fingerprint density at radius 2 is 1.62 bits per heavy atom. The summed E-state index contributed by atoms with van der Waals surface area (Å²) in [5.74, 6) is -0.515. The first-order chi connectivity index (χ1) is 28.8. The van der Waals surface area contributed by atoms with Gasteiger partial charge >= 0.3 is 0 Å². The molecule has 326 valence electrons. The summed E-state index contributed by atoms with van der Waals surface area (Å²) in [7, 11) is -8.54. The first-order valence-electron chi connectivity index (χ1n) is 19.4. The fraction of sp³-hybridized carbons (Fsp3) is 0.357. The molecule has 1 atom stereocenters. The van der Waals surface area contributed by atoms with Gasteiger partial charge in [-0.2, -0.15) is 21.4 Å². The Morgan fingerprint density at radius 3 is 2.34 bits per heavy atom. The van der Waals surface area contributed by atoms with E-state index >= 15 is 0 Å². The Balaban J connectivity index is 1.22. The highest BCUT2D eigenvalue weighted by molar-refractivity contribution is 7.94. The van der Waals surface area contributed by atoms with Gasteiger partial charge in [-0.1, -0.05) is 60.8 Å². The Hall–Kier alpha value is -3.50. The average Bonchev–Trinajstić information content (AvgIpc) is 3.56. The third kappa shape index (κ3) is 9.56. The highest BCUT2D eigenvalue weighted by atomic mass is 35.5. The lowest BCUT2D eigenvalue weighted by atomic mass is 9.77. The molecule has 3 aliphatic rings. The van der Waals surface area contributed by atoms with E-state index in [1.54, 1.807) is 12.1 Å². The summed E-state index contributed by atoms with van der Waals surface area (Å²) in [6.45, 7) is 8.50. The Labute approximate surface area is 369 Å². The molecule has 0 bridgehead atoms. The number of hydrogen-bond donors (Lipinski definition) is 4. The highest BCUT2D eigenvalue weighted by Gasteiger charge is 2.47. The minimum Gasteiger partial charge on any atom is -0.366 e. The van der Waals surface area contributed by atoms with Crippen molar-refractivity contribution in [1.82, 2.24) is 0 Å². The number of allylic oxidation sites excluding steroid dienone is 5. The summed E-state index contributed by atoms with van der Waals surface area (Å²) >= 11 is 11.6. The van der Waals surface area contributed by atoms with Crippen molar-refractivity contribution in [2.24, 2.45) is 0 Å². The maximum Gasteiger partial charge on any atom is 0.271 e. The summed E-state index contributed by atoms with van der Waals surface area (Å²) < 4.78 is 78.5. The number of rotatable bonds is 16. The van der Waals surface area contributed by atoms with Crippen LogP contribution in [-0.4, -0.2) is 72.1 Å². The van der Waals surface area contributed by atoms with Crippen LogP contribution in [0.5, 0.6) is 5.75 Å². The van der Waals surface area contributed by atoms with Crippen molar-refractivity contribution in [3.05, 3.63) is 106 Å². The third-order valence-corrected chi connectivity index (χ3v) is 14.4. The van der Waals surface area contributed by atoms with E-state index in [1.165, 1.54) is 0 Å². The molecule has 0 radical (unpaired) electrons. The zero-order chi connectivity index (χ0) is 43.9. The van der Waals surface area contributed by atoms with Gasteiger partial charge in [-0.15, -0.1) is 8.67 Å². The molecular formula is C42H46ClN2O12S4+. The molecule has 0 saturated heterocycles. The highest BCUT2D eigenvalue weighted by Crippen LogP contribution is 2.51. The van der Waals surface area contributed by atoms with Crippen LogP contribution in [0.4, 0.5) is 11.4 Å². The molecule has 1 aliphatic carbocycles. The van der Waals surface area contributed by atoms with Crippen LogP contribution in [0, 0.1) is 0 Å². The van der Waals surface area contributed by atoms with Crippen LogP contribution in [0.15, 0.2) is 100.0 Å². The quantitative estimate of drug-likeness (QED) is 0.0208. The van der Waals surface area contributed by atoms with E-state index in [-0.39, 0.29) is 19.1 Å². The van der Waals surface area contributed by atoms with Gasteiger partial charge in [0.25, 0.3) is 20.2 Å². The van der Waals surface area contributed by atoms with Crippen molar-refractivity contribution in [2.45, 2.75) is 75.1 Å². The second kappa shape index (κ2) is 17.9. The number of nitrogens with zero attached hydrogens (tertiary/aromatic N) is 2. The molecule has 4 aromatic carbocycles. The largest absolute Gasteiger partial charge is 0.366 e. The van der Waals surface area contributed by atoms with Crippen molar-refractivity contribution >= 4 is 95.4 Å². The van der Waals surface area contributed by atoms with Crippen LogP contribution in [0.25, 0.3) is 21.5 Å². The molecule has 3 N–H and O–H groups in total. The lowest BCUT2D eigenvalue weighted by Gasteiger charge is -2.34. The number of anilines is 1. The lowest BCUT2D eigenvalue weighted by molar-refractivity contribution is -0.432. The molecule has 0 aromatic heterocycles. The topological polar surface area (TPSA) is 181 Å². The van der Waals surface area contributed by atoms with Crippen molar-refractivity contribution in [2.75, 3.05) is 29.5 Å². The van der Waals surface area contributed by atoms with Crippen LogP contribution in [0.2, 0.25) is 0 Å². The summed E-state index contributed by atoms with van der Waals surface area (Å²) in [6, 6.07) is 18.7. The molecule has 0 fully saturated rings. The Bertz CT molecular complexity index is 2730. The maximum atomic E-state index is 12.0. The average molecular weight is 935 g/mol. The van der Waals surface area contributed by atoms with Gasteiger partial charge < -0.3 is 9.79 Å². The number of halogens is 1. The first-order valence-corrected chi connectivity index (χ1v) is 24.1. The van der Waals surface area contributed by atoms with Crippen molar-refractivity contribution < 1.29 is 59.4 Å². The maximum absolute atomic E-state index is 12.0. The van der Waals surface area contributed by atoms with Gasteiger partial charge in [0, 0.05) is 64.2 Å². The van der Waals surface area contributed by atoms with Crippen molar-refractivity contribution in [1.29, 1.82) is 0 Å². The van der Waals surface area contributed by atoms with Gasteiger partial charge in [-0.3, -0.25) is 9.11 Å². The lowest BCUT2D eigenvalue weighted by Crippen LogP contribution is -2.43. The van der Waals surface area contributed by atoms with Gasteiger partial charge in [0.2, 0.25) is 5.69 Å². The molecule has 14 nitrogen and oxygen atoms in total. The van der Waals surface area contributed by atoms with E-state index < -0.39 is 42.6 Å². The molecule has 0 spiro atoms. The Morgan fingerprint density at radius 1 is 0.918 bits per heavy atom.